The molecule has 0 saturated carbocycles. The van der Waals surface area contributed by atoms with E-state index in [1.807, 2.05) is 18.2 Å². The number of aliphatic hydroxyl groups is 1. The van der Waals surface area contributed by atoms with Crippen LogP contribution in [0.5, 0.6) is 0 Å². The fraction of sp³-hybridized carbons (Fsp3) is 0.316. The number of piperidine rings is 1. The third kappa shape index (κ3) is 3.69. The third-order valence-electron chi connectivity index (χ3n) is 4.65. The van der Waals surface area contributed by atoms with Crippen LogP contribution in [0.15, 0.2) is 53.0 Å². The minimum Gasteiger partial charge on any atom is -0.478 e. The van der Waals surface area contributed by atoms with Gasteiger partial charge in [0.15, 0.2) is 0 Å². The van der Waals surface area contributed by atoms with Crippen molar-refractivity contribution in [2.24, 2.45) is 0 Å². The first-order valence-corrected chi connectivity index (χ1v) is 8.79. The molecule has 4 nitrogen and oxygen atoms in total. The highest BCUT2D eigenvalue weighted by Gasteiger charge is 2.36. The SMILES string of the molecule is O=C(O)c1cc(Br)ccc1C1(O)CCN(Cc2ccccc2)CC1. The molecular weight excluding hydrogens is 370 g/mol. The zero-order valence-corrected chi connectivity index (χ0v) is 14.9. The number of carboxylic acids is 1. The van der Waals surface area contributed by atoms with Gasteiger partial charge in [-0.25, -0.2) is 4.79 Å². The number of benzene rings is 2. The smallest absolute Gasteiger partial charge is 0.336 e. The average molecular weight is 390 g/mol. The lowest BCUT2D eigenvalue weighted by molar-refractivity contribution is -0.0286. The molecule has 1 fully saturated rings. The van der Waals surface area contributed by atoms with Gasteiger partial charge in [-0.3, -0.25) is 4.90 Å². The molecule has 0 radical (unpaired) electrons. The molecular formula is C19H20BrNO3. The molecule has 0 aromatic heterocycles. The third-order valence-corrected chi connectivity index (χ3v) is 5.14. The van der Waals surface area contributed by atoms with E-state index in [2.05, 4.69) is 33.0 Å². The van der Waals surface area contributed by atoms with E-state index < -0.39 is 11.6 Å². The fourth-order valence-corrected chi connectivity index (χ4v) is 3.65. The van der Waals surface area contributed by atoms with Crippen molar-refractivity contribution in [3.8, 4) is 0 Å². The van der Waals surface area contributed by atoms with Gasteiger partial charge < -0.3 is 10.2 Å². The molecule has 2 N–H and O–H groups in total. The summed E-state index contributed by atoms with van der Waals surface area (Å²) >= 11 is 3.30. The maximum atomic E-state index is 11.5. The van der Waals surface area contributed by atoms with Gasteiger partial charge in [0.2, 0.25) is 0 Å². The number of carbonyl (C=O) groups is 1. The van der Waals surface area contributed by atoms with E-state index in [1.165, 1.54) is 5.56 Å². The molecule has 0 unspecified atom stereocenters. The van der Waals surface area contributed by atoms with E-state index in [4.69, 9.17) is 0 Å². The summed E-state index contributed by atoms with van der Waals surface area (Å²) in [6.07, 6.45) is 1.06. The second-order valence-electron chi connectivity index (χ2n) is 6.29. The molecule has 1 aliphatic rings. The van der Waals surface area contributed by atoms with Crippen molar-refractivity contribution in [1.29, 1.82) is 0 Å². The molecule has 0 bridgehead atoms. The van der Waals surface area contributed by atoms with Crippen molar-refractivity contribution in [2.45, 2.75) is 25.0 Å². The highest BCUT2D eigenvalue weighted by molar-refractivity contribution is 9.10. The van der Waals surface area contributed by atoms with Gasteiger partial charge in [0.05, 0.1) is 11.2 Å². The van der Waals surface area contributed by atoms with Crippen molar-refractivity contribution < 1.29 is 15.0 Å². The van der Waals surface area contributed by atoms with Crippen molar-refractivity contribution in [2.75, 3.05) is 13.1 Å². The molecule has 126 valence electrons. The van der Waals surface area contributed by atoms with E-state index >= 15 is 0 Å². The van der Waals surface area contributed by atoms with E-state index in [0.29, 0.717) is 22.9 Å². The molecule has 2 aromatic rings. The second-order valence-corrected chi connectivity index (χ2v) is 7.20. The minimum atomic E-state index is -1.08. The van der Waals surface area contributed by atoms with Crippen molar-refractivity contribution in [3.05, 3.63) is 69.7 Å². The Hall–Kier alpha value is -1.69. The standard InChI is InChI=1S/C19H20BrNO3/c20-15-6-7-17(16(12-15)18(22)23)19(24)8-10-21(11-9-19)13-14-4-2-1-3-5-14/h1-7,12,24H,8-11,13H2,(H,22,23). The van der Waals surface area contributed by atoms with Crippen LogP contribution in [-0.2, 0) is 12.1 Å². The highest BCUT2D eigenvalue weighted by Crippen LogP contribution is 2.36. The highest BCUT2D eigenvalue weighted by atomic mass is 79.9. The summed E-state index contributed by atoms with van der Waals surface area (Å²) in [7, 11) is 0. The minimum absolute atomic E-state index is 0.170. The van der Waals surface area contributed by atoms with Crippen molar-refractivity contribution >= 4 is 21.9 Å². The summed E-state index contributed by atoms with van der Waals surface area (Å²) < 4.78 is 0.703. The molecule has 24 heavy (non-hydrogen) atoms. The first-order chi connectivity index (χ1) is 11.5. The van der Waals surface area contributed by atoms with Crippen LogP contribution in [-0.4, -0.2) is 34.2 Å². The second kappa shape index (κ2) is 7.05. The molecule has 3 rings (SSSR count). The number of hydrogen-bond donors (Lipinski definition) is 2. The Labute approximate surface area is 149 Å². The summed E-state index contributed by atoms with van der Waals surface area (Å²) in [5.41, 5.74) is 0.848. The summed E-state index contributed by atoms with van der Waals surface area (Å²) in [5, 5.41) is 20.5. The largest absolute Gasteiger partial charge is 0.478 e. The maximum absolute atomic E-state index is 11.5. The molecule has 0 atom stereocenters. The lowest BCUT2D eigenvalue weighted by atomic mass is 9.82. The molecule has 0 amide bonds. The molecule has 1 heterocycles. The molecule has 2 aromatic carbocycles. The normalized spacial score (nSPS) is 17.6. The molecule has 0 spiro atoms. The number of halogens is 1. The Morgan fingerprint density at radius 2 is 1.79 bits per heavy atom. The van der Waals surface area contributed by atoms with Crippen LogP contribution in [0.25, 0.3) is 0 Å². The summed E-state index contributed by atoms with van der Waals surface area (Å²) in [5.74, 6) is -1.01. The lowest BCUT2D eigenvalue weighted by Crippen LogP contribution is -2.42. The van der Waals surface area contributed by atoms with Gasteiger partial charge in [0.1, 0.15) is 0 Å². The van der Waals surface area contributed by atoms with Gasteiger partial charge >= 0.3 is 5.97 Å². The van der Waals surface area contributed by atoms with Crippen LogP contribution >= 0.6 is 15.9 Å². The van der Waals surface area contributed by atoms with Crippen molar-refractivity contribution in [3.63, 3.8) is 0 Å². The Kier molecular flexibility index (Phi) is 5.04. The Bertz CT molecular complexity index is 725. The van der Waals surface area contributed by atoms with Gasteiger partial charge in [-0.2, -0.15) is 0 Å². The predicted octanol–water partition coefficient (Wildman–Crippen LogP) is 3.63. The molecule has 0 aliphatic carbocycles. The van der Waals surface area contributed by atoms with Crippen LogP contribution < -0.4 is 0 Å². The first kappa shape index (κ1) is 17.1. The van der Waals surface area contributed by atoms with Crippen LogP contribution in [0.1, 0.15) is 34.3 Å². The van der Waals surface area contributed by atoms with Crippen molar-refractivity contribution in [1.82, 2.24) is 4.90 Å². The van der Waals surface area contributed by atoms with Gasteiger partial charge in [0.25, 0.3) is 0 Å². The molecule has 5 heteroatoms. The van der Waals surface area contributed by atoms with Crippen LogP contribution in [0, 0.1) is 0 Å². The maximum Gasteiger partial charge on any atom is 0.336 e. The Morgan fingerprint density at radius 3 is 2.42 bits per heavy atom. The van der Waals surface area contributed by atoms with Crippen LogP contribution in [0.4, 0.5) is 0 Å². The number of likely N-dealkylation sites (tertiary alicyclic amines) is 1. The van der Waals surface area contributed by atoms with Gasteiger partial charge in [-0.15, -0.1) is 0 Å². The van der Waals surface area contributed by atoms with E-state index in [9.17, 15) is 15.0 Å². The predicted molar refractivity (Wildman–Crippen MR) is 96.0 cm³/mol. The quantitative estimate of drug-likeness (QED) is 0.837. The number of hydrogen-bond acceptors (Lipinski definition) is 3. The number of carboxylic acid groups (broad SMARTS) is 1. The number of aromatic carboxylic acids is 1. The van der Waals surface area contributed by atoms with E-state index in [1.54, 1.807) is 18.2 Å². The van der Waals surface area contributed by atoms with Gasteiger partial charge in [-0.1, -0.05) is 52.3 Å². The van der Waals surface area contributed by atoms with E-state index in [0.717, 1.165) is 19.6 Å². The summed E-state index contributed by atoms with van der Waals surface area (Å²) in [6, 6.07) is 15.3. The zero-order valence-electron chi connectivity index (χ0n) is 13.3. The van der Waals surface area contributed by atoms with E-state index in [-0.39, 0.29) is 5.56 Å². The van der Waals surface area contributed by atoms with Gasteiger partial charge in [0, 0.05) is 24.1 Å². The Balaban J connectivity index is 1.74. The summed E-state index contributed by atoms with van der Waals surface area (Å²) in [6.45, 7) is 2.32. The number of rotatable bonds is 4. The fourth-order valence-electron chi connectivity index (χ4n) is 3.29. The Morgan fingerprint density at radius 1 is 1.12 bits per heavy atom. The monoisotopic (exact) mass is 389 g/mol. The first-order valence-electron chi connectivity index (χ1n) is 8.00. The average Bonchev–Trinajstić information content (AvgIpc) is 2.58. The molecule has 1 aliphatic heterocycles. The van der Waals surface area contributed by atoms with Crippen LogP contribution in [0.2, 0.25) is 0 Å². The topological polar surface area (TPSA) is 60.8 Å². The van der Waals surface area contributed by atoms with Crippen LogP contribution in [0.3, 0.4) is 0 Å². The molecule has 1 saturated heterocycles. The number of nitrogens with zero attached hydrogens (tertiary/aromatic N) is 1. The lowest BCUT2D eigenvalue weighted by Gasteiger charge is -2.39. The summed E-state index contributed by atoms with van der Waals surface area (Å²) in [4.78, 5) is 13.8. The van der Waals surface area contributed by atoms with Gasteiger partial charge in [-0.05, 0) is 36.1 Å². The zero-order chi connectivity index (χ0) is 17.2.